The lowest BCUT2D eigenvalue weighted by Crippen LogP contribution is -2.56. The van der Waals surface area contributed by atoms with Crippen LogP contribution >= 0.6 is 0 Å². The summed E-state index contributed by atoms with van der Waals surface area (Å²) < 4.78 is 5.25. The van der Waals surface area contributed by atoms with Crippen LogP contribution in [0.5, 0.6) is 0 Å². The van der Waals surface area contributed by atoms with Crippen molar-refractivity contribution in [3.05, 3.63) is 0 Å². The molecular weight excluding hydrogens is 182 g/mol. The average molecular weight is 199 g/mol. The van der Waals surface area contributed by atoms with E-state index in [1.54, 1.807) is 0 Å². The van der Waals surface area contributed by atoms with E-state index >= 15 is 0 Å². The number of nitrogens with zero attached hydrogens (tertiary/aromatic N) is 1. The molecule has 4 nitrogen and oxygen atoms in total. The lowest BCUT2D eigenvalue weighted by molar-refractivity contribution is -0.154. The van der Waals surface area contributed by atoms with E-state index < -0.39 is 11.5 Å². The van der Waals surface area contributed by atoms with E-state index in [1.165, 1.54) is 0 Å². The minimum atomic E-state index is -0.642. The fourth-order valence-corrected chi connectivity index (χ4v) is 2.62. The number of carboxylic acids is 1. The van der Waals surface area contributed by atoms with Gasteiger partial charge in [-0.15, -0.1) is 0 Å². The molecule has 14 heavy (non-hydrogen) atoms. The smallest absolute Gasteiger partial charge is 0.324 e. The van der Waals surface area contributed by atoms with E-state index in [0.717, 1.165) is 38.8 Å². The lowest BCUT2D eigenvalue weighted by Gasteiger charge is -2.39. The number of carboxylic acid groups (broad SMARTS) is 1. The predicted octanol–water partition coefficient (Wildman–Crippen LogP) is 0.716. The normalized spacial score (nSPS) is 27.7. The molecule has 0 aromatic rings. The maximum atomic E-state index is 11.3. The molecule has 1 aliphatic carbocycles. The van der Waals surface area contributed by atoms with Crippen LogP contribution < -0.4 is 0 Å². The molecule has 2 fully saturated rings. The van der Waals surface area contributed by atoms with Gasteiger partial charge in [-0.25, -0.2) is 0 Å². The zero-order valence-corrected chi connectivity index (χ0v) is 8.37. The van der Waals surface area contributed by atoms with Crippen LogP contribution in [0.3, 0.4) is 0 Å². The summed E-state index contributed by atoms with van der Waals surface area (Å²) in [6.07, 6.45) is 3.71. The van der Waals surface area contributed by atoms with Crippen molar-refractivity contribution in [3.8, 4) is 0 Å². The van der Waals surface area contributed by atoms with Gasteiger partial charge in [-0.05, 0) is 12.8 Å². The predicted molar refractivity (Wildman–Crippen MR) is 51.2 cm³/mol. The van der Waals surface area contributed by atoms with Gasteiger partial charge >= 0.3 is 5.97 Å². The Bertz CT molecular complexity index is 217. The Labute approximate surface area is 83.8 Å². The van der Waals surface area contributed by atoms with E-state index in [1.807, 2.05) is 0 Å². The van der Waals surface area contributed by atoms with Gasteiger partial charge in [-0.2, -0.15) is 0 Å². The fourth-order valence-electron chi connectivity index (χ4n) is 2.62. The summed E-state index contributed by atoms with van der Waals surface area (Å²) in [5.74, 6) is -0.642. The quantitative estimate of drug-likeness (QED) is 0.711. The number of morpholine rings is 1. The van der Waals surface area contributed by atoms with Crippen LogP contribution in [0, 0.1) is 0 Å². The number of carbonyl (C=O) groups is 1. The molecule has 0 aromatic heterocycles. The van der Waals surface area contributed by atoms with E-state index in [9.17, 15) is 9.90 Å². The van der Waals surface area contributed by atoms with Crippen molar-refractivity contribution >= 4 is 5.97 Å². The molecule has 2 rings (SSSR count). The first-order chi connectivity index (χ1) is 6.76. The molecule has 1 heterocycles. The van der Waals surface area contributed by atoms with Crippen LogP contribution in [0.15, 0.2) is 0 Å². The molecular formula is C10H17NO3. The van der Waals surface area contributed by atoms with Crippen LogP contribution in [-0.2, 0) is 9.53 Å². The summed E-state index contributed by atoms with van der Waals surface area (Å²) in [7, 11) is 0. The Balaban J connectivity index is 2.12. The first-order valence-corrected chi connectivity index (χ1v) is 5.32. The van der Waals surface area contributed by atoms with Gasteiger partial charge in [0.1, 0.15) is 5.54 Å². The van der Waals surface area contributed by atoms with Crippen LogP contribution in [0.1, 0.15) is 25.7 Å². The third kappa shape index (κ3) is 1.53. The molecule has 2 aliphatic rings. The highest BCUT2D eigenvalue weighted by molar-refractivity contribution is 5.79. The van der Waals surface area contributed by atoms with E-state index in [4.69, 9.17) is 4.74 Å². The van der Waals surface area contributed by atoms with Crippen molar-refractivity contribution in [1.29, 1.82) is 0 Å². The average Bonchev–Trinajstić information content (AvgIpc) is 2.69. The minimum absolute atomic E-state index is 0.566. The monoisotopic (exact) mass is 199 g/mol. The first-order valence-electron chi connectivity index (χ1n) is 5.32. The van der Waals surface area contributed by atoms with Gasteiger partial charge in [-0.3, -0.25) is 9.69 Å². The summed E-state index contributed by atoms with van der Waals surface area (Å²) in [4.78, 5) is 13.4. The SMILES string of the molecule is O=C(O)C1(N2CCOCC2)CCCC1. The van der Waals surface area contributed by atoms with Crippen LogP contribution in [0.4, 0.5) is 0 Å². The van der Waals surface area contributed by atoms with Gasteiger partial charge in [0.25, 0.3) is 0 Å². The lowest BCUT2D eigenvalue weighted by atomic mass is 9.95. The second kappa shape index (κ2) is 3.87. The van der Waals surface area contributed by atoms with Gasteiger partial charge in [0.05, 0.1) is 13.2 Å². The Morgan fingerprint density at radius 1 is 1.21 bits per heavy atom. The molecule has 1 saturated heterocycles. The standard InChI is InChI=1S/C10H17NO3/c12-9(13)10(3-1-2-4-10)11-5-7-14-8-6-11/h1-8H2,(H,12,13). The zero-order valence-electron chi connectivity index (χ0n) is 8.37. The van der Waals surface area contributed by atoms with Gasteiger partial charge < -0.3 is 9.84 Å². The van der Waals surface area contributed by atoms with Crippen LogP contribution in [-0.4, -0.2) is 47.8 Å². The van der Waals surface area contributed by atoms with Crippen molar-refractivity contribution in [1.82, 2.24) is 4.90 Å². The topological polar surface area (TPSA) is 49.8 Å². The summed E-state index contributed by atoms with van der Waals surface area (Å²) in [5, 5.41) is 9.33. The van der Waals surface area contributed by atoms with Crippen LogP contribution in [0.2, 0.25) is 0 Å². The number of aliphatic carboxylic acids is 1. The highest BCUT2D eigenvalue weighted by Gasteiger charge is 2.46. The second-order valence-electron chi connectivity index (χ2n) is 4.14. The Hall–Kier alpha value is -0.610. The molecule has 0 amide bonds. The maximum absolute atomic E-state index is 11.3. The summed E-state index contributed by atoms with van der Waals surface area (Å²) >= 11 is 0. The zero-order chi connectivity index (χ0) is 10.0. The Kier molecular flexibility index (Phi) is 2.74. The molecule has 4 heteroatoms. The number of rotatable bonds is 2. The molecule has 0 atom stereocenters. The maximum Gasteiger partial charge on any atom is 0.324 e. The Morgan fingerprint density at radius 2 is 1.79 bits per heavy atom. The van der Waals surface area contributed by atoms with Crippen LogP contribution in [0.25, 0.3) is 0 Å². The molecule has 1 saturated carbocycles. The summed E-state index contributed by atoms with van der Waals surface area (Å²) in [6.45, 7) is 2.89. The van der Waals surface area contributed by atoms with E-state index in [0.29, 0.717) is 13.2 Å². The molecule has 80 valence electrons. The molecule has 1 aliphatic heterocycles. The highest BCUT2D eigenvalue weighted by Crippen LogP contribution is 2.35. The third-order valence-corrected chi connectivity index (χ3v) is 3.45. The van der Waals surface area contributed by atoms with Crippen molar-refractivity contribution in [2.24, 2.45) is 0 Å². The molecule has 1 N–H and O–H groups in total. The van der Waals surface area contributed by atoms with Crippen molar-refractivity contribution in [2.75, 3.05) is 26.3 Å². The highest BCUT2D eigenvalue weighted by atomic mass is 16.5. The molecule has 0 bridgehead atoms. The van der Waals surface area contributed by atoms with Crippen molar-refractivity contribution < 1.29 is 14.6 Å². The molecule has 0 spiro atoms. The second-order valence-corrected chi connectivity index (χ2v) is 4.14. The van der Waals surface area contributed by atoms with Crippen molar-refractivity contribution in [2.45, 2.75) is 31.2 Å². The number of hydrogen-bond donors (Lipinski definition) is 1. The fraction of sp³-hybridized carbons (Fsp3) is 0.900. The van der Waals surface area contributed by atoms with E-state index in [-0.39, 0.29) is 0 Å². The van der Waals surface area contributed by atoms with Gasteiger partial charge in [0, 0.05) is 13.1 Å². The number of ether oxygens (including phenoxy) is 1. The number of hydrogen-bond acceptors (Lipinski definition) is 3. The van der Waals surface area contributed by atoms with Crippen molar-refractivity contribution in [3.63, 3.8) is 0 Å². The third-order valence-electron chi connectivity index (χ3n) is 3.45. The van der Waals surface area contributed by atoms with Gasteiger partial charge in [0.2, 0.25) is 0 Å². The molecule has 0 radical (unpaired) electrons. The Morgan fingerprint density at radius 3 is 2.29 bits per heavy atom. The van der Waals surface area contributed by atoms with Gasteiger partial charge in [0.15, 0.2) is 0 Å². The largest absolute Gasteiger partial charge is 0.480 e. The molecule has 0 unspecified atom stereocenters. The minimum Gasteiger partial charge on any atom is -0.480 e. The van der Waals surface area contributed by atoms with Gasteiger partial charge in [-0.1, -0.05) is 12.8 Å². The molecule has 0 aromatic carbocycles. The van der Waals surface area contributed by atoms with E-state index in [2.05, 4.69) is 4.90 Å². The summed E-state index contributed by atoms with van der Waals surface area (Å²) in [5.41, 5.74) is -0.566. The summed E-state index contributed by atoms with van der Waals surface area (Å²) in [6, 6.07) is 0. The first kappa shape index (κ1) is 9.93.